The predicted octanol–water partition coefficient (Wildman–Crippen LogP) is 5.06. The number of halogens is 2. The molecule has 0 heterocycles. The number of hydrogen-bond acceptors (Lipinski definition) is 5. The lowest BCUT2D eigenvalue weighted by Crippen LogP contribution is -2.22. The van der Waals surface area contributed by atoms with Crippen LogP contribution in [0.5, 0.6) is 5.75 Å². The number of carbonyl (C=O) groups is 1. The van der Waals surface area contributed by atoms with E-state index >= 15 is 0 Å². The molecule has 0 fully saturated rings. The number of ether oxygens (including phenoxy) is 2. The van der Waals surface area contributed by atoms with Crippen LogP contribution in [0.25, 0.3) is 0 Å². The molecule has 33 heavy (non-hydrogen) atoms. The fourth-order valence-corrected chi connectivity index (χ4v) is 4.31. The first-order valence-corrected chi connectivity index (χ1v) is 11.5. The van der Waals surface area contributed by atoms with Gasteiger partial charge in [0.25, 0.3) is 0 Å². The van der Waals surface area contributed by atoms with Crippen LogP contribution in [-0.4, -0.2) is 30.1 Å². The number of nitrogen functional groups attached to an aromatic ring is 1. The van der Waals surface area contributed by atoms with Gasteiger partial charge >= 0.3 is 5.97 Å². The molecular formula is C24H23ClIN3O4. The molecule has 1 atom stereocenters. The first-order valence-electron chi connectivity index (χ1n) is 10.0. The van der Waals surface area contributed by atoms with E-state index in [1.807, 2.05) is 30.3 Å². The van der Waals surface area contributed by atoms with Crippen LogP contribution in [0.2, 0.25) is 5.02 Å². The van der Waals surface area contributed by atoms with E-state index in [-0.39, 0.29) is 12.4 Å². The molecule has 0 radical (unpaired) electrons. The zero-order valence-corrected chi connectivity index (χ0v) is 20.5. The molecule has 1 unspecified atom stereocenters. The summed E-state index contributed by atoms with van der Waals surface area (Å²) in [6.45, 7) is 1.05. The molecule has 9 heteroatoms. The summed E-state index contributed by atoms with van der Waals surface area (Å²) in [5, 5.41) is 20.8. The summed E-state index contributed by atoms with van der Waals surface area (Å²) in [7, 11) is 0. The smallest absolute Gasteiger partial charge is 0.330 e. The van der Waals surface area contributed by atoms with E-state index in [1.54, 1.807) is 36.4 Å². The Hall–Kier alpha value is -2.82. The van der Waals surface area contributed by atoms with Gasteiger partial charge in [0, 0.05) is 21.8 Å². The molecule has 5 N–H and O–H groups in total. The van der Waals surface area contributed by atoms with Gasteiger partial charge in [0.1, 0.15) is 18.2 Å². The number of carboxylic acids is 1. The van der Waals surface area contributed by atoms with Crippen LogP contribution >= 0.6 is 34.2 Å². The first kappa shape index (κ1) is 24.8. The van der Waals surface area contributed by atoms with Crippen molar-refractivity contribution in [1.82, 2.24) is 0 Å². The van der Waals surface area contributed by atoms with Crippen molar-refractivity contribution in [3.63, 3.8) is 0 Å². The van der Waals surface area contributed by atoms with Crippen molar-refractivity contribution in [2.75, 3.05) is 18.5 Å². The third-order valence-electron chi connectivity index (χ3n) is 4.69. The van der Waals surface area contributed by atoms with Gasteiger partial charge in [-0.05, 0) is 64.6 Å². The van der Waals surface area contributed by atoms with Crippen molar-refractivity contribution in [1.29, 1.82) is 5.41 Å². The largest absolute Gasteiger partial charge is 0.490 e. The Morgan fingerprint density at radius 3 is 2.45 bits per heavy atom. The molecule has 3 aromatic carbocycles. The van der Waals surface area contributed by atoms with E-state index in [9.17, 15) is 9.90 Å². The van der Waals surface area contributed by atoms with E-state index in [1.165, 1.54) is 0 Å². The Balaban J connectivity index is 1.73. The van der Waals surface area contributed by atoms with Crippen molar-refractivity contribution < 1.29 is 19.4 Å². The first-order chi connectivity index (χ1) is 15.8. The Morgan fingerprint density at radius 1 is 1.12 bits per heavy atom. The summed E-state index contributed by atoms with van der Waals surface area (Å²) < 4.78 is 12.3. The number of carboxylic acid groups (broad SMARTS) is 1. The van der Waals surface area contributed by atoms with Gasteiger partial charge in [0.05, 0.1) is 16.8 Å². The molecule has 0 amide bonds. The Bertz CT molecular complexity index is 1110. The second kappa shape index (κ2) is 11.9. The number of nitrogens with two attached hydrogens (primary N) is 1. The van der Waals surface area contributed by atoms with Gasteiger partial charge in [0.2, 0.25) is 0 Å². The van der Waals surface area contributed by atoms with Crippen molar-refractivity contribution >= 4 is 51.7 Å². The molecule has 0 aromatic heterocycles. The van der Waals surface area contributed by atoms with E-state index in [2.05, 4.69) is 27.9 Å². The highest BCUT2D eigenvalue weighted by Gasteiger charge is 2.26. The molecule has 0 aliphatic heterocycles. The topological polar surface area (TPSA) is 118 Å². The number of amidine groups is 1. The summed E-state index contributed by atoms with van der Waals surface area (Å²) in [6, 6.07) is 18.6. The zero-order valence-electron chi connectivity index (χ0n) is 17.6. The van der Waals surface area contributed by atoms with E-state index in [0.29, 0.717) is 44.4 Å². The van der Waals surface area contributed by atoms with E-state index < -0.39 is 12.0 Å². The lowest BCUT2D eigenvalue weighted by Gasteiger charge is -2.21. The van der Waals surface area contributed by atoms with Crippen molar-refractivity contribution in [3.05, 3.63) is 92.0 Å². The van der Waals surface area contributed by atoms with E-state index in [4.69, 9.17) is 32.2 Å². The lowest BCUT2D eigenvalue weighted by atomic mass is 10.0. The van der Waals surface area contributed by atoms with Crippen molar-refractivity contribution in [2.24, 2.45) is 5.73 Å². The Morgan fingerprint density at radius 2 is 1.82 bits per heavy atom. The van der Waals surface area contributed by atoms with Gasteiger partial charge in [-0.25, -0.2) is 4.79 Å². The predicted molar refractivity (Wildman–Crippen MR) is 137 cm³/mol. The molecule has 0 bridgehead atoms. The summed E-state index contributed by atoms with van der Waals surface area (Å²) in [6.07, 6.45) is 0. The Kier molecular flexibility index (Phi) is 8.93. The quantitative estimate of drug-likeness (QED) is 0.109. The molecule has 0 saturated carbocycles. The average Bonchev–Trinajstić information content (AvgIpc) is 2.79. The molecule has 172 valence electrons. The van der Waals surface area contributed by atoms with Crippen LogP contribution in [0.15, 0.2) is 66.7 Å². The van der Waals surface area contributed by atoms with Gasteiger partial charge in [-0.15, -0.1) is 0 Å². The number of nitrogens with one attached hydrogen (secondary N) is 2. The zero-order chi connectivity index (χ0) is 23.8. The van der Waals surface area contributed by atoms with Crippen LogP contribution in [0, 0.1) is 8.98 Å². The number of benzene rings is 3. The summed E-state index contributed by atoms with van der Waals surface area (Å²) in [4.78, 5) is 12.1. The molecule has 3 rings (SSSR count). The molecule has 7 nitrogen and oxygen atoms in total. The second-order valence-electron chi connectivity index (χ2n) is 7.10. The minimum atomic E-state index is -1.11. The number of aliphatic carboxylic acids is 1. The molecule has 3 aromatic rings. The molecule has 0 aliphatic rings. The van der Waals surface area contributed by atoms with Crippen LogP contribution in [0.3, 0.4) is 0 Å². The fraction of sp³-hybridized carbons (Fsp3) is 0.167. The molecule has 0 saturated heterocycles. The monoisotopic (exact) mass is 579 g/mol. The number of hydrogen-bond donors (Lipinski definition) is 4. The maximum absolute atomic E-state index is 12.1. The Labute approximate surface area is 210 Å². The third-order valence-corrected chi connectivity index (χ3v) is 5.71. The highest BCUT2D eigenvalue weighted by molar-refractivity contribution is 14.1. The maximum atomic E-state index is 12.1. The fourth-order valence-electron chi connectivity index (χ4n) is 3.10. The van der Waals surface area contributed by atoms with Crippen LogP contribution in [0.1, 0.15) is 22.7 Å². The average molecular weight is 580 g/mol. The van der Waals surface area contributed by atoms with Gasteiger partial charge in [-0.3, -0.25) is 5.41 Å². The summed E-state index contributed by atoms with van der Waals surface area (Å²) in [5.41, 5.74) is 8.05. The van der Waals surface area contributed by atoms with Crippen LogP contribution in [-0.2, 0) is 16.1 Å². The van der Waals surface area contributed by atoms with Gasteiger partial charge in [0.15, 0.2) is 6.04 Å². The minimum Gasteiger partial charge on any atom is -0.490 e. The highest BCUT2D eigenvalue weighted by Crippen LogP contribution is 2.35. The third kappa shape index (κ3) is 7.08. The number of anilines is 1. The molecular weight excluding hydrogens is 557 g/mol. The van der Waals surface area contributed by atoms with Crippen LogP contribution < -0.4 is 15.8 Å². The van der Waals surface area contributed by atoms with Gasteiger partial charge < -0.3 is 25.6 Å². The summed E-state index contributed by atoms with van der Waals surface area (Å²) >= 11 is 8.31. The number of rotatable bonds is 11. The van der Waals surface area contributed by atoms with Gasteiger partial charge in [-0.2, -0.15) is 0 Å². The highest BCUT2D eigenvalue weighted by atomic mass is 127. The van der Waals surface area contributed by atoms with Crippen molar-refractivity contribution in [2.45, 2.75) is 12.6 Å². The SMILES string of the molecule is N=C(N)c1ccc(NC(C(=O)O)c2cc(Cl)cc(I)c2OCCOCc2ccccc2)cc1. The van der Waals surface area contributed by atoms with Crippen molar-refractivity contribution in [3.8, 4) is 5.75 Å². The minimum absolute atomic E-state index is 0.0640. The normalized spacial score (nSPS) is 11.6. The maximum Gasteiger partial charge on any atom is 0.330 e. The second-order valence-corrected chi connectivity index (χ2v) is 8.70. The summed E-state index contributed by atoms with van der Waals surface area (Å²) in [5.74, 6) is -0.719. The van der Waals surface area contributed by atoms with E-state index in [0.717, 1.165) is 5.56 Å². The molecule has 0 aliphatic carbocycles. The standard InChI is InChI=1S/C24H23ClIN3O4/c25-17-12-19(21(24(30)31)29-18-8-6-16(7-9-18)23(27)28)22(20(26)13-17)33-11-10-32-14-15-4-2-1-3-5-15/h1-9,12-13,21,29H,10-11,14H2,(H3,27,28)(H,30,31). The molecule has 0 spiro atoms. The lowest BCUT2D eigenvalue weighted by molar-refractivity contribution is -0.138. The van der Waals surface area contributed by atoms with Gasteiger partial charge in [-0.1, -0.05) is 41.9 Å². The van der Waals surface area contributed by atoms with Crippen LogP contribution in [0.4, 0.5) is 5.69 Å².